The average molecular weight is 296 g/mol. The number of nitrogens with two attached hydrogens (primary N) is 1. The molecular weight excluding hydrogens is 275 g/mol. The van der Waals surface area contributed by atoms with Crippen LogP contribution in [0.5, 0.6) is 0 Å². The molecule has 6 nitrogen and oxygen atoms in total. The first-order valence-corrected chi connectivity index (χ1v) is 6.69. The number of nitrogen functional groups attached to an aromatic ring is 1. The van der Waals surface area contributed by atoms with Crippen molar-refractivity contribution in [3.63, 3.8) is 0 Å². The Labute approximate surface area is 123 Å². The van der Waals surface area contributed by atoms with Gasteiger partial charge in [-0.25, -0.2) is 4.39 Å². The zero-order chi connectivity index (χ0) is 16.0. The van der Waals surface area contributed by atoms with E-state index >= 15 is 0 Å². The molecule has 7 heteroatoms. The van der Waals surface area contributed by atoms with Gasteiger partial charge in [-0.15, -0.1) is 0 Å². The number of carbonyl (C=O) groups excluding carboxylic acids is 2. The second-order valence-corrected chi connectivity index (χ2v) is 4.64. The first kappa shape index (κ1) is 16.9. The van der Waals surface area contributed by atoms with Crippen molar-refractivity contribution >= 4 is 23.2 Å². The van der Waals surface area contributed by atoms with Gasteiger partial charge in [0.05, 0.1) is 18.3 Å². The van der Waals surface area contributed by atoms with Crippen molar-refractivity contribution < 1.29 is 14.0 Å². The van der Waals surface area contributed by atoms with Gasteiger partial charge in [-0.2, -0.15) is 0 Å². The van der Waals surface area contributed by atoms with E-state index in [-0.39, 0.29) is 24.0 Å². The molecule has 2 amide bonds. The number of amides is 2. The fourth-order valence-corrected chi connectivity index (χ4v) is 1.82. The largest absolute Gasteiger partial charge is 0.396 e. The van der Waals surface area contributed by atoms with Crippen molar-refractivity contribution in [3.8, 4) is 0 Å². The Morgan fingerprint density at radius 3 is 2.62 bits per heavy atom. The fourth-order valence-electron chi connectivity index (χ4n) is 1.82. The predicted octanol–water partition coefficient (Wildman–Crippen LogP) is 0.803. The Bertz CT molecular complexity index is 522. The molecule has 21 heavy (non-hydrogen) atoms. The normalized spacial score (nSPS) is 12.0. The van der Waals surface area contributed by atoms with Crippen molar-refractivity contribution in [1.82, 2.24) is 10.2 Å². The molecule has 1 rings (SSSR count). The van der Waals surface area contributed by atoms with Gasteiger partial charge in [-0.3, -0.25) is 14.5 Å². The van der Waals surface area contributed by atoms with Crippen molar-refractivity contribution in [2.75, 3.05) is 31.2 Å². The maximum absolute atomic E-state index is 13.1. The van der Waals surface area contributed by atoms with Crippen molar-refractivity contribution in [3.05, 3.63) is 24.0 Å². The Morgan fingerprint density at radius 1 is 1.43 bits per heavy atom. The third-order valence-electron chi connectivity index (χ3n) is 3.22. The smallest absolute Gasteiger partial charge is 0.241 e. The van der Waals surface area contributed by atoms with Gasteiger partial charge in [0.15, 0.2) is 0 Å². The molecule has 0 aliphatic heterocycles. The number of halogens is 1. The summed E-state index contributed by atoms with van der Waals surface area (Å²) in [7, 11) is 1.54. The first-order chi connectivity index (χ1) is 9.88. The van der Waals surface area contributed by atoms with Crippen LogP contribution < -0.4 is 16.4 Å². The molecule has 0 aliphatic rings. The highest BCUT2D eigenvalue weighted by atomic mass is 19.1. The molecule has 1 aromatic rings. The Balaban J connectivity index is 2.72. The molecule has 1 atom stereocenters. The van der Waals surface area contributed by atoms with Gasteiger partial charge < -0.3 is 16.4 Å². The molecule has 0 bridgehead atoms. The van der Waals surface area contributed by atoms with Gasteiger partial charge in [0.1, 0.15) is 5.82 Å². The quantitative estimate of drug-likeness (QED) is 0.678. The molecule has 0 spiro atoms. The van der Waals surface area contributed by atoms with Gasteiger partial charge in [0, 0.05) is 12.7 Å². The summed E-state index contributed by atoms with van der Waals surface area (Å²) < 4.78 is 13.1. The van der Waals surface area contributed by atoms with Crippen LogP contribution in [0, 0.1) is 5.82 Å². The Hall–Kier alpha value is -2.15. The molecule has 0 aromatic heterocycles. The number of rotatable bonds is 6. The summed E-state index contributed by atoms with van der Waals surface area (Å²) in [5.74, 6) is -0.981. The summed E-state index contributed by atoms with van der Waals surface area (Å²) in [6.45, 7) is 4.25. The molecule has 0 saturated carbocycles. The molecule has 0 aliphatic carbocycles. The third-order valence-corrected chi connectivity index (χ3v) is 3.22. The van der Waals surface area contributed by atoms with Crippen LogP contribution in [0.3, 0.4) is 0 Å². The van der Waals surface area contributed by atoms with E-state index in [9.17, 15) is 14.0 Å². The summed E-state index contributed by atoms with van der Waals surface area (Å²) in [6, 6.07) is 3.48. The molecule has 1 aromatic carbocycles. The molecule has 1 unspecified atom stereocenters. The van der Waals surface area contributed by atoms with Crippen LogP contribution in [0.25, 0.3) is 0 Å². The molecular formula is C14H21FN4O2. The lowest BCUT2D eigenvalue weighted by molar-refractivity contribution is -0.125. The van der Waals surface area contributed by atoms with E-state index in [4.69, 9.17) is 5.73 Å². The van der Waals surface area contributed by atoms with Gasteiger partial charge in [0.25, 0.3) is 0 Å². The van der Waals surface area contributed by atoms with E-state index in [0.717, 1.165) is 0 Å². The van der Waals surface area contributed by atoms with Crippen LogP contribution in [-0.2, 0) is 9.59 Å². The average Bonchev–Trinajstić information content (AvgIpc) is 2.47. The third kappa shape index (κ3) is 4.71. The van der Waals surface area contributed by atoms with Crippen LogP contribution in [0.15, 0.2) is 18.2 Å². The predicted molar refractivity (Wildman–Crippen MR) is 80.2 cm³/mol. The van der Waals surface area contributed by atoms with Gasteiger partial charge >= 0.3 is 0 Å². The van der Waals surface area contributed by atoms with Crippen LogP contribution in [0.2, 0.25) is 0 Å². The summed E-state index contributed by atoms with van der Waals surface area (Å²) in [4.78, 5) is 25.3. The molecule has 0 heterocycles. The SMILES string of the molecule is CCN(CC(=O)NC)C(C)C(=O)Nc1ccc(F)c(N)c1. The maximum Gasteiger partial charge on any atom is 0.241 e. The minimum atomic E-state index is -0.532. The van der Waals surface area contributed by atoms with Gasteiger partial charge in [-0.1, -0.05) is 6.92 Å². The van der Waals surface area contributed by atoms with Crippen molar-refractivity contribution in [2.24, 2.45) is 0 Å². The molecule has 4 N–H and O–H groups in total. The van der Waals surface area contributed by atoms with Crippen LogP contribution in [0.1, 0.15) is 13.8 Å². The lowest BCUT2D eigenvalue weighted by Gasteiger charge is -2.26. The van der Waals surface area contributed by atoms with E-state index in [1.165, 1.54) is 18.2 Å². The van der Waals surface area contributed by atoms with E-state index in [2.05, 4.69) is 10.6 Å². The molecule has 0 saturated heterocycles. The van der Waals surface area contributed by atoms with Crippen LogP contribution >= 0.6 is 0 Å². The zero-order valence-electron chi connectivity index (χ0n) is 12.4. The second-order valence-electron chi connectivity index (χ2n) is 4.64. The monoisotopic (exact) mass is 296 g/mol. The standard InChI is InChI=1S/C14H21FN4O2/c1-4-19(8-13(20)17-3)9(2)14(21)18-10-5-6-11(15)12(16)7-10/h5-7,9H,4,8,16H2,1-3H3,(H,17,20)(H,18,21). The number of nitrogens with zero attached hydrogens (tertiary/aromatic N) is 1. The summed E-state index contributed by atoms with van der Waals surface area (Å²) in [5.41, 5.74) is 5.84. The highest BCUT2D eigenvalue weighted by molar-refractivity contribution is 5.95. The number of nitrogens with one attached hydrogen (secondary N) is 2. The van der Waals surface area contributed by atoms with Gasteiger partial charge in [-0.05, 0) is 31.7 Å². The van der Waals surface area contributed by atoms with E-state index < -0.39 is 11.9 Å². The highest BCUT2D eigenvalue weighted by Crippen LogP contribution is 2.16. The Kier molecular flexibility index (Phi) is 6.10. The summed E-state index contributed by atoms with van der Waals surface area (Å²) >= 11 is 0. The van der Waals surface area contributed by atoms with Crippen molar-refractivity contribution in [2.45, 2.75) is 19.9 Å². The van der Waals surface area contributed by atoms with Crippen LogP contribution in [-0.4, -0.2) is 42.9 Å². The van der Waals surface area contributed by atoms with E-state index in [0.29, 0.717) is 12.2 Å². The van der Waals surface area contributed by atoms with E-state index in [1.54, 1.807) is 18.9 Å². The highest BCUT2D eigenvalue weighted by Gasteiger charge is 2.22. The number of hydrogen-bond donors (Lipinski definition) is 3. The minimum Gasteiger partial charge on any atom is -0.396 e. The van der Waals surface area contributed by atoms with Crippen LogP contribution in [0.4, 0.5) is 15.8 Å². The number of likely N-dealkylation sites (N-methyl/N-ethyl adjacent to an activating group) is 2. The fraction of sp³-hybridized carbons (Fsp3) is 0.429. The molecule has 0 fully saturated rings. The topological polar surface area (TPSA) is 87.5 Å². The number of anilines is 2. The van der Waals surface area contributed by atoms with Gasteiger partial charge in [0.2, 0.25) is 11.8 Å². The molecule has 0 radical (unpaired) electrons. The lowest BCUT2D eigenvalue weighted by atomic mass is 10.2. The second kappa shape index (κ2) is 7.58. The minimum absolute atomic E-state index is 0.0295. The zero-order valence-corrected chi connectivity index (χ0v) is 12.4. The summed E-state index contributed by atoms with van der Waals surface area (Å²) in [6.07, 6.45) is 0. The summed E-state index contributed by atoms with van der Waals surface area (Å²) in [5, 5.41) is 5.17. The first-order valence-electron chi connectivity index (χ1n) is 6.69. The Morgan fingerprint density at radius 2 is 2.10 bits per heavy atom. The molecule has 116 valence electrons. The number of hydrogen-bond acceptors (Lipinski definition) is 4. The number of carbonyl (C=O) groups is 2. The van der Waals surface area contributed by atoms with E-state index in [1.807, 2.05) is 6.92 Å². The number of benzene rings is 1. The lowest BCUT2D eigenvalue weighted by Crippen LogP contribution is -2.46. The van der Waals surface area contributed by atoms with Crippen molar-refractivity contribution in [1.29, 1.82) is 0 Å². The maximum atomic E-state index is 13.1.